The molecule has 8 nitrogen and oxygen atoms in total. The number of hydrogen-bond donors (Lipinski definition) is 4. The molecule has 21 heavy (non-hydrogen) atoms. The Balaban J connectivity index is 2.99. The van der Waals surface area contributed by atoms with E-state index in [-0.39, 0.29) is 30.1 Å². The maximum Gasteiger partial charge on any atom is 0.488 e. The number of amides is 2. The van der Waals surface area contributed by atoms with Gasteiger partial charge in [0.1, 0.15) is 0 Å². The molecule has 9 heteroatoms. The van der Waals surface area contributed by atoms with Crippen molar-refractivity contribution < 1.29 is 29.1 Å². The van der Waals surface area contributed by atoms with E-state index in [2.05, 4.69) is 10.6 Å². The van der Waals surface area contributed by atoms with E-state index in [0.29, 0.717) is 0 Å². The second-order valence-electron chi connectivity index (χ2n) is 3.87. The van der Waals surface area contributed by atoms with Crippen LogP contribution < -0.4 is 16.1 Å². The van der Waals surface area contributed by atoms with Gasteiger partial charge in [-0.25, -0.2) is 9.59 Å². The molecule has 0 saturated carbocycles. The smallest absolute Gasteiger partial charge is 0.450 e. The molecule has 1 rings (SSSR count). The fourth-order valence-electron chi connectivity index (χ4n) is 1.49. The molecule has 0 spiro atoms. The Kier molecular flexibility index (Phi) is 6.50. The Morgan fingerprint density at radius 1 is 1.05 bits per heavy atom. The van der Waals surface area contributed by atoms with Crippen molar-refractivity contribution in [3.63, 3.8) is 0 Å². The van der Waals surface area contributed by atoms with Gasteiger partial charge in [0, 0.05) is 0 Å². The first-order valence-corrected chi connectivity index (χ1v) is 6.35. The molecule has 4 N–H and O–H groups in total. The van der Waals surface area contributed by atoms with E-state index in [1.165, 1.54) is 18.2 Å². The summed E-state index contributed by atoms with van der Waals surface area (Å²) >= 11 is 0. The van der Waals surface area contributed by atoms with Crippen LogP contribution in [-0.4, -0.2) is 42.6 Å². The zero-order valence-electron chi connectivity index (χ0n) is 11.8. The number of hydrogen-bond acceptors (Lipinski definition) is 6. The fourth-order valence-corrected chi connectivity index (χ4v) is 1.49. The van der Waals surface area contributed by atoms with Crippen molar-refractivity contribution in [1.29, 1.82) is 0 Å². The van der Waals surface area contributed by atoms with Gasteiger partial charge in [-0.1, -0.05) is 6.07 Å². The Labute approximate surface area is 122 Å². The summed E-state index contributed by atoms with van der Waals surface area (Å²) in [4.78, 5) is 22.9. The van der Waals surface area contributed by atoms with Crippen LogP contribution in [0.3, 0.4) is 0 Å². The monoisotopic (exact) mass is 296 g/mol. The van der Waals surface area contributed by atoms with E-state index in [9.17, 15) is 9.59 Å². The molecule has 114 valence electrons. The lowest BCUT2D eigenvalue weighted by molar-refractivity contribution is 0.166. The second-order valence-corrected chi connectivity index (χ2v) is 3.87. The molecule has 0 bridgehead atoms. The van der Waals surface area contributed by atoms with Gasteiger partial charge in [0.05, 0.1) is 24.6 Å². The topological polar surface area (TPSA) is 117 Å². The van der Waals surface area contributed by atoms with Gasteiger partial charge in [-0.2, -0.15) is 0 Å². The molecule has 0 unspecified atom stereocenters. The first-order valence-electron chi connectivity index (χ1n) is 6.35. The summed E-state index contributed by atoms with van der Waals surface area (Å²) in [5.74, 6) is 0. The first kappa shape index (κ1) is 16.8. The highest BCUT2D eigenvalue weighted by Crippen LogP contribution is 2.20. The van der Waals surface area contributed by atoms with E-state index in [1.54, 1.807) is 13.8 Å². The fraction of sp³-hybridized carbons (Fsp3) is 0.333. The summed E-state index contributed by atoms with van der Waals surface area (Å²) < 4.78 is 9.47. The lowest BCUT2D eigenvalue weighted by Crippen LogP contribution is -2.30. The van der Waals surface area contributed by atoms with Gasteiger partial charge < -0.3 is 19.5 Å². The minimum atomic E-state index is -1.70. The van der Waals surface area contributed by atoms with E-state index in [0.717, 1.165) is 0 Å². The highest BCUT2D eigenvalue weighted by molar-refractivity contribution is 6.58. The van der Waals surface area contributed by atoms with Crippen molar-refractivity contribution >= 4 is 36.1 Å². The quantitative estimate of drug-likeness (QED) is 0.588. The molecule has 0 saturated heterocycles. The van der Waals surface area contributed by atoms with Crippen LogP contribution in [0.15, 0.2) is 18.2 Å². The summed E-state index contributed by atoms with van der Waals surface area (Å²) in [7, 11) is -1.70. The molecule has 1 aromatic carbocycles. The average molecular weight is 296 g/mol. The molecule has 0 aliphatic heterocycles. The van der Waals surface area contributed by atoms with Crippen LogP contribution in [0.5, 0.6) is 0 Å². The molecule has 0 aromatic heterocycles. The summed E-state index contributed by atoms with van der Waals surface area (Å²) in [6.07, 6.45) is -1.42. The van der Waals surface area contributed by atoms with Crippen LogP contribution in [0.25, 0.3) is 0 Å². The maximum absolute atomic E-state index is 11.5. The highest BCUT2D eigenvalue weighted by Gasteiger charge is 2.16. The van der Waals surface area contributed by atoms with E-state index >= 15 is 0 Å². The zero-order chi connectivity index (χ0) is 15.8. The Morgan fingerprint density at radius 3 is 2.05 bits per heavy atom. The van der Waals surface area contributed by atoms with Crippen LogP contribution in [-0.2, 0) is 9.47 Å². The largest absolute Gasteiger partial charge is 0.488 e. The number of carbonyl (C=O) groups is 2. The van der Waals surface area contributed by atoms with E-state index in [4.69, 9.17) is 19.5 Å². The third kappa shape index (κ3) is 5.32. The summed E-state index contributed by atoms with van der Waals surface area (Å²) in [6, 6.07) is 4.11. The molecule has 2 amide bonds. The summed E-state index contributed by atoms with van der Waals surface area (Å²) in [6.45, 7) is 3.67. The first-order chi connectivity index (χ1) is 9.97. The molecule has 1 aromatic rings. The van der Waals surface area contributed by atoms with Crippen molar-refractivity contribution in [2.75, 3.05) is 23.8 Å². The van der Waals surface area contributed by atoms with Gasteiger partial charge in [0.15, 0.2) is 0 Å². The molecule has 0 aliphatic carbocycles. The normalized spacial score (nSPS) is 9.71. The third-order valence-corrected chi connectivity index (χ3v) is 2.37. The minimum Gasteiger partial charge on any atom is -0.450 e. The molecule has 0 radical (unpaired) electrons. The lowest BCUT2D eigenvalue weighted by atomic mass is 9.80. The van der Waals surface area contributed by atoms with Gasteiger partial charge in [0.25, 0.3) is 0 Å². The molecule has 0 heterocycles. The van der Waals surface area contributed by atoms with E-state index < -0.39 is 19.3 Å². The zero-order valence-corrected chi connectivity index (χ0v) is 11.8. The number of rotatable bonds is 5. The third-order valence-electron chi connectivity index (χ3n) is 2.37. The molecular formula is C12H17BN2O6. The van der Waals surface area contributed by atoms with Crippen molar-refractivity contribution in [2.45, 2.75) is 13.8 Å². The van der Waals surface area contributed by atoms with Crippen LogP contribution in [0.4, 0.5) is 21.0 Å². The number of carbonyl (C=O) groups excluding carboxylic acids is 2. The number of benzene rings is 1. The maximum atomic E-state index is 11.5. The lowest BCUT2D eigenvalue weighted by Gasteiger charge is -2.13. The predicted octanol–water partition coefficient (Wildman–Crippen LogP) is 0.503. The summed E-state index contributed by atoms with van der Waals surface area (Å²) in [5, 5.41) is 23.1. The number of nitrogens with one attached hydrogen (secondary N) is 2. The predicted molar refractivity (Wildman–Crippen MR) is 77.6 cm³/mol. The van der Waals surface area contributed by atoms with Crippen LogP contribution in [0.2, 0.25) is 0 Å². The average Bonchev–Trinajstić information content (AvgIpc) is 2.41. The van der Waals surface area contributed by atoms with Crippen molar-refractivity contribution in [3.05, 3.63) is 18.2 Å². The standard InChI is InChI=1S/C12H17BN2O6/c1-3-20-11(16)14-9-6-5-8(13(18)19)7-10(9)15-12(17)21-4-2/h5-7,18-19H,3-4H2,1-2H3,(H,14,16)(H,15,17). The Bertz CT molecular complexity index is 509. The number of ether oxygens (including phenoxy) is 2. The minimum absolute atomic E-state index is 0.149. The van der Waals surface area contributed by atoms with Crippen molar-refractivity contribution in [3.8, 4) is 0 Å². The molecule has 0 fully saturated rings. The Hall–Kier alpha value is -2.26. The van der Waals surface area contributed by atoms with E-state index in [1.807, 2.05) is 0 Å². The van der Waals surface area contributed by atoms with Crippen LogP contribution >= 0.6 is 0 Å². The molecular weight excluding hydrogens is 279 g/mol. The van der Waals surface area contributed by atoms with Gasteiger partial charge in [-0.3, -0.25) is 10.6 Å². The highest BCUT2D eigenvalue weighted by atomic mass is 16.6. The van der Waals surface area contributed by atoms with Gasteiger partial charge in [-0.05, 0) is 31.4 Å². The molecule has 0 aliphatic rings. The van der Waals surface area contributed by atoms with Gasteiger partial charge in [0.2, 0.25) is 0 Å². The van der Waals surface area contributed by atoms with Crippen molar-refractivity contribution in [2.24, 2.45) is 0 Å². The van der Waals surface area contributed by atoms with Gasteiger partial charge in [-0.15, -0.1) is 0 Å². The Morgan fingerprint density at radius 2 is 1.57 bits per heavy atom. The molecule has 0 atom stereocenters. The van der Waals surface area contributed by atoms with Crippen molar-refractivity contribution in [1.82, 2.24) is 0 Å². The second kappa shape index (κ2) is 8.13. The number of anilines is 2. The summed E-state index contributed by atoms with van der Waals surface area (Å²) in [5.41, 5.74) is 0.550. The van der Waals surface area contributed by atoms with Crippen LogP contribution in [0, 0.1) is 0 Å². The van der Waals surface area contributed by atoms with Gasteiger partial charge >= 0.3 is 19.3 Å². The SMILES string of the molecule is CCOC(=O)Nc1ccc(B(O)O)cc1NC(=O)OCC. The van der Waals surface area contributed by atoms with Crippen LogP contribution in [0.1, 0.15) is 13.8 Å².